The van der Waals surface area contributed by atoms with Crippen molar-refractivity contribution in [3.05, 3.63) is 0 Å². The number of nitrogens with two attached hydrogens (primary N) is 1. The van der Waals surface area contributed by atoms with Gasteiger partial charge in [-0.05, 0) is 43.4 Å². The molecule has 2 bridgehead atoms. The number of carbonyl (C=O) groups is 1. The molecule has 1 amide bonds. The van der Waals surface area contributed by atoms with Crippen molar-refractivity contribution in [2.75, 3.05) is 6.54 Å². The van der Waals surface area contributed by atoms with Gasteiger partial charge in [0.15, 0.2) is 0 Å². The highest BCUT2D eigenvalue weighted by atomic mass is 16.2. The van der Waals surface area contributed by atoms with Gasteiger partial charge in [-0.1, -0.05) is 19.8 Å². The molecule has 16 heavy (non-hydrogen) atoms. The van der Waals surface area contributed by atoms with Crippen molar-refractivity contribution in [2.45, 2.75) is 51.5 Å². The summed E-state index contributed by atoms with van der Waals surface area (Å²) in [6.45, 7) is 2.92. The smallest absolute Gasteiger partial charge is 0.236 e. The first-order valence-corrected chi connectivity index (χ1v) is 6.74. The molecule has 2 fully saturated rings. The highest BCUT2D eigenvalue weighted by Crippen LogP contribution is 2.47. The predicted molar refractivity (Wildman–Crippen MR) is 64.8 cm³/mol. The Kier molecular flexibility index (Phi) is 3.85. The lowest BCUT2D eigenvalue weighted by Gasteiger charge is -2.22. The SMILES string of the molecule is CCC[C@@H](N)C(=O)NCC1CC2CCC1C2. The van der Waals surface area contributed by atoms with Crippen molar-refractivity contribution in [3.8, 4) is 0 Å². The minimum Gasteiger partial charge on any atom is -0.354 e. The largest absolute Gasteiger partial charge is 0.354 e. The first-order valence-electron chi connectivity index (χ1n) is 6.74. The van der Waals surface area contributed by atoms with Gasteiger partial charge < -0.3 is 11.1 Å². The van der Waals surface area contributed by atoms with Crippen molar-refractivity contribution in [2.24, 2.45) is 23.5 Å². The molecule has 2 aliphatic rings. The van der Waals surface area contributed by atoms with Crippen molar-refractivity contribution >= 4 is 5.91 Å². The number of nitrogens with one attached hydrogen (secondary N) is 1. The van der Waals surface area contributed by atoms with Crippen LogP contribution < -0.4 is 11.1 Å². The lowest BCUT2D eigenvalue weighted by molar-refractivity contribution is -0.122. The van der Waals surface area contributed by atoms with Gasteiger partial charge >= 0.3 is 0 Å². The van der Waals surface area contributed by atoms with Gasteiger partial charge in [-0.25, -0.2) is 0 Å². The van der Waals surface area contributed by atoms with Crippen LogP contribution in [0.3, 0.4) is 0 Å². The molecule has 0 radical (unpaired) electrons. The maximum atomic E-state index is 11.7. The van der Waals surface area contributed by atoms with E-state index >= 15 is 0 Å². The van der Waals surface area contributed by atoms with Gasteiger partial charge in [0, 0.05) is 6.54 Å². The monoisotopic (exact) mass is 224 g/mol. The van der Waals surface area contributed by atoms with Crippen molar-refractivity contribution in [1.82, 2.24) is 5.32 Å². The molecule has 0 aliphatic heterocycles. The summed E-state index contributed by atoms with van der Waals surface area (Å²) < 4.78 is 0. The highest BCUT2D eigenvalue weighted by molar-refractivity contribution is 5.81. The average Bonchev–Trinajstić information content (AvgIpc) is 2.87. The first-order chi connectivity index (χ1) is 7.70. The average molecular weight is 224 g/mol. The molecule has 0 saturated heterocycles. The van der Waals surface area contributed by atoms with Crippen molar-refractivity contribution < 1.29 is 4.79 Å². The predicted octanol–water partition coefficient (Wildman–Crippen LogP) is 1.67. The van der Waals surface area contributed by atoms with Crippen molar-refractivity contribution in [3.63, 3.8) is 0 Å². The quantitative estimate of drug-likeness (QED) is 0.746. The van der Waals surface area contributed by atoms with Gasteiger partial charge in [0.25, 0.3) is 0 Å². The van der Waals surface area contributed by atoms with E-state index in [0.29, 0.717) is 0 Å². The van der Waals surface area contributed by atoms with Gasteiger partial charge in [-0.3, -0.25) is 4.79 Å². The summed E-state index contributed by atoms with van der Waals surface area (Å²) in [5.41, 5.74) is 5.78. The van der Waals surface area contributed by atoms with Crippen LogP contribution in [-0.2, 0) is 4.79 Å². The molecule has 0 aromatic carbocycles. The van der Waals surface area contributed by atoms with E-state index in [-0.39, 0.29) is 11.9 Å². The lowest BCUT2D eigenvalue weighted by Crippen LogP contribution is -2.42. The van der Waals surface area contributed by atoms with Gasteiger partial charge in [-0.2, -0.15) is 0 Å². The molecular formula is C13H24N2O. The molecule has 4 atom stereocenters. The van der Waals surface area contributed by atoms with E-state index in [2.05, 4.69) is 12.2 Å². The lowest BCUT2D eigenvalue weighted by atomic mass is 9.89. The normalized spacial score (nSPS) is 34.0. The Hall–Kier alpha value is -0.570. The second kappa shape index (κ2) is 5.17. The van der Waals surface area contributed by atoms with E-state index in [1.807, 2.05) is 0 Å². The van der Waals surface area contributed by atoms with Crippen LogP contribution in [0.1, 0.15) is 45.4 Å². The third kappa shape index (κ3) is 2.57. The fourth-order valence-corrected chi connectivity index (χ4v) is 3.43. The summed E-state index contributed by atoms with van der Waals surface area (Å²) in [5, 5.41) is 3.03. The molecule has 0 aromatic rings. The van der Waals surface area contributed by atoms with E-state index < -0.39 is 0 Å². The molecule has 0 aromatic heterocycles. The number of carbonyl (C=O) groups excluding carboxylic acids is 1. The third-order valence-corrected chi connectivity index (χ3v) is 4.36. The molecule has 2 rings (SSSR count). The fraction of sp³-hybridized carbons (Fsp3) is 0.923. The van der Waals surface area contributed by atoms with E-state index in [1.54, 1.807) is 0 Å². The summed E-state index contributed by atoms with van der Waals surface area (Å²) in [6.07, 6.45) is 7.30. The van der Waals surface area contributed by atoms with E-state index in [4.69, 9.17) is 5.73 Å². The number of rotatable bonds is 5. The fourth-order valence-electron chi connectivity index (χ4n) is 3.43. The Labute approximate surface area is 98.2 Å². The van der Waals surface area contributed by atoms with Gasteiger partial charge in [0.05, 0.1) is 6.04 Å². The zero-order valence-electron chi connectivity index (χ0n) is 10.2. The highest BCUT2D eigenvalue weighted by Gasteiger charge is 2.39. The molecule has 2 saturated carbocycles. The van der Waals surface area contributed by atoms with E-state index in [0.717, 1.165) is 37.1 Å². The molecule has 3 nitrogen and oxygen atoms in total. The Morgan fingerprint density at radius 3 is 2.81 bits per heavy atom. The summed E-state index contributed by atoms with van der Waals surface area (Å²) in [7, 11) is 0. The third-order valence-electron chi connectivity index (χ3n) is 4.36. The second-order valence-electron chi connectivity index (χ2n) is 5.58. The Balaban J connectivity index is 1.69. The van der Waals surface area contributed by atoms with Crippen LogP contribution in [0, 0.1) is 17.8 Å². The number of hydrogen-bond acceptors (Lipinski definition) is 2. The minimum atomic E-state index is -0.302. The van der Waals surface area contributed by atoms with Crippen LogP contribution in [0.2, 0.25) is 0 Å². The first kappa shape index (κ1) is 11.9. The standard InChI is InChI=1S/C13H24N2O/c1-2-3-12(14)13(16)15-8-11-7-9-4-5-10(11)6-9/h9-12H,2-8,14H2,1H3,(H,15,16)/t9?,10?,11?,12-/m1/s1. The Morgan fingerprint density at radius 1 is 1.44 bits per heavy atom. The van der Waals surface area contributed by atoms with Gasteiger partial charge in [-0.15, -0.1) is 0 Å². The molecule has 0 spiro atoms. The van der Waals surface area contributed by atoms with Crippen LogP contribution >= 0.6 is 0 Å². The molecule has 0 heterocycles. The Morgan fingerprint density at radius 2 is 2.25 bits per heavy atom. The van der Waals surface area contributed by atoms with E-state index in [9.17, 15) is 4.79 Å². The van der Waals surface area contributed by atoms with Gasteiger partial charge in [0.1, 0.15) is 0 Å². The molecular weight excluding hydrogens is 200 g/mol. The molecule has 2 aliphatic carbocycles. The molecule has 3 N–H and O–H groups in total. The Bertz CT molecular complexity index is 254. The number of hydrogen-bond donors (Lipinski definition) is 2. The number of fused-ring (bicyclic) bond motifs is 2. The van der Waals surface area contributed by atoms with Crippen LogP contribution in [0.15, 0.2) is 0 Å². The zero-order chi connectivity index (χ0) is 11.5. The zero-order valence-corrected chi connectivity index (χ0v) is 10.2. The van der Waals surface area contributed by atoms with Crippen LogP contribution in [0.25, 0.3) is 0 Å². The van der Waals surface area contributed by atoms with Gasteiger partial charge in [0.2, 0.25) is 5.91 Å². The summed E-state index contributed by atoms with van der Waals surface area (Å²) in [6, 6.07) is -0.302. The molecule has 3 heteroatoms. The second-order valence-corrected chi connectivity index (χ2v) is 5.58. The van der Waals surface area contributed by atoms with Crippen LogP contribution in [-0.4, -0.2) is 18.5 Å². The van der Waals surface area contributed by atoms with Crippen LogP contribution in [0.5, 0.6) is 0 Å². The minimum absolute atomic E-state index is 0.0459. The summed E-state index contributed by atoms with van der Waals surface area (Å²) >= 11 is 0. The topological polar surface area (TPSA) is 55.1 Å². The summed E-state index contributed by atoms with van der Waals surface area (Å²) in [4.78, 5) is 11.7. The maximum Gasteiger partial charge on any atom is 0.236 e. The molecule has 3 unspecified atom stereocenters. The molecule has 92 valence electrons. The van der Waals surface area contributed by atoms with E-state index in [1.165, 1.54) is 25.7 Å². The van der Waals surface area contributed by atoms with Crippen molar-refractivity contribution in [1.29, 1.82) is 0 Å². The maximum absolute atomic E-state index is 11.7. The number of amides is 1. The summed E-state index contributed by atoms with van der Waals surface area (Å²) in [5.74, 6) is 2.62. The van der Waals surface area contributed by atoms with Crippen LogP contribution in [0.4, 0.5) is 0 Å².